The van der Waals surface area contributed by atoms with Gasteiger partial charge in [-0.15, -0.1) is 0 Å². The van der Waals surface area contributed by atoms with Gasteiger partial charge in [0, 0.05) is 56.9 Å². The SMILES string of the molecule is COc1cc2nn(C3CCC(CN4CCC5(CN(c6cccc7c6n(C)c(=O)n7C6CCC(=O)NC6=O)C5)C(F)(F)C4)CC3)cc2cc1NC(=O)c1cncc(F)c1. The number of anilines is 2. The first kappa shape index (κ1) is 37.8. The molecule has 17 heteroatoms. The van der Waals surface area contributed by atoms with Gasteiger partial charge in [-0.25, -0.2) is 18.0 Å². The molecule has 2 aromatic carbocycles. The Morgan fingerprint density at radius 2 is 1.83 bits per heavy atom. The minimum atomic E-state index is -2.90. The first-order valence-electron chi connectivity index (χ1n) is 19.7. The maximum atomic E-state index is 16.2. The number of pyridine rings is 1. The Morgan fingerprint density at radius 3 is 2.55 bits per heavy atom. The molecule has 9 rings (SSSR count). The predicted molar refractivity (Wildman–Crippen MR) is 209 cm³/mol. The summed E-state index contributed by atoms with van der Waals surface area (Å²) in [6, 6.07) is 9.33. The molecule has 1 unspecified atom stereocenters. The van der Waals surface area contributed by atoms with E-state index in [-0.39, 0.29) is 55.9 Å². The third-order valence-electron chi connectivity index (χ3n) is 12.8. The summed E-state index contributed by atoms with van der Waals surface area (Å²) in [6.07, 6.45) is 8.45. The van der Waals surface area contributed by atoms with Crippen LogP contribution in [0.25, 0.3) is 21.9 Å². The van der Waals surface area contributed by atoms with Crippen molar-refractivity contribution >= 4 is 51.0 Å². The fourth-order valence-corrected chi connectivity index (χ4v) is 9.60. The lowest BCUT2D eigenvalue weighted by Crippen LogP contribution is -2.70. The molecule has 4 aliphatic rings. The third kappa shape index (κ3) is 6.48. The lowest BCUT2D eigenvalue weighted by molar-refractivity contribution is -0.181. The van der Waals surface area contributed by atoms with Crippen molar-refractivity contribution in [3.8, 4) is 5.75 Å². The fraction of sp³-hybridized carbons (Fsp3) is 0.463. The van der Waals surface area contributed by atoms with E-state index in [0.717, 1.165) is 43.3 Å². The van der Waals surface area contributed by atoms with Crippen molar-refractivity contribution in [1.82, 2.24) is 34.1 Å². The molecule has 1 atom stereocenters. The van der Waals surface area contributed by atoms with Crippen molar-refractivity contribution in [2.45, 2.75) is 63.0 Å². The number of piperidine rings is 2. The minimum Gasteiger partial charge on any atom is -0.494 e. The van der Waals surface area contributed by atoms with Gasteiger partial charge in [-0.3, -0.25) is 43.4 Å². The number of hydrogen-bond donors (Lipinski definition) is 2. The van der Waals surface area contributed by atoms with Crippen molar-refractivity contribution in [3.05, 3.63) is 76.9 Å². The lowest BCUT2D eigenvalue weighted by atomic mass is 9.68. The highest BCUT2D eigenvalue weighted by atomic mass is 19.3. The van der Waals surface area contributed by atoms with Crippen molar-refractivity contribution in [3.63, 3.8) is 0 Å². The zero-order valence-corrected chi connectivity index (χ0v) is 32.2. The number of rotatable bonds is 8. The second-order valence-corrected chi connectivity index (χ2v) is 16.4. The highest BCUT2D eigenvalue weighted by molar-refractivity contribution is 6.06. The number of halogens is 3. The predicted octanol–water partition coefficient (Wildman–Crippen LogP) is 5.04. The Balaban J connectivity index is 0.815. The number of methoxy groups -OCH3 is 1. The van der Waals surface area contributed by atoms with Crippen molar-refractivity contribution in [2.24, 2.45) is 18.4 Å². The molecule has 14 nitrogen and oxygen atoms in total. The van der Waals surface area contributed by atoms with Crippen LogP contribution in [0.1, 0.15) is 67.4 Å². The first-order chi connectivity index (χ1) is 27.8. The number of ether oxygens (including phenoxy) is 1. The zero-order chi connectivity index (χ0) is 40.5. The molecule has 6 heterocycles. The Hall–Kier alpha value is -5.71. The average molecular weight is 800 g/mol. The van der Waals surface area contributed by atoms with Gasteiger partial charge in [-0.1, -0.05) is 6.07 Å². The van der Waals surface area contributed by atoms with Crippen LogP contribution in [0.4, 0.5) is 24.5 Å². The molecule has 2 N–H and O–H groups in total. The van der Waals surface area contributed by atoms with Crippen LogP contribution in [0.2, 0.25) is 0 Å². The van der Waals surface area contributed by atoms with Crippen LogP contribution in [0.5, 0.6) is 5.75 Å². The van der Waals surface area contributed by atoms with Gasteiger partial charge in [0.1, 0.15) is 17.6 Å². The van der Waals surface area contributed by atoms with Crippen LogP contribution in [-0.4, -0.2) is 92.3 Å². The van der Waals surface area contributed by atoms with E-state index in [1.54, 1.807) is 31.3 Å². The minimum absolute atomic E-state index is 0.0820. The monoisotopic (exact) mass is 799 g/mol. The molecule has 3 amide bonds. The number of imide groups is 1. The van der Waals surface area contributed by atoms with E-state index in [9.17, 15) is 23.6 Å². The number of alkyl halides is 2. The van der Waals surface area contributed by atoms with Gasteiger partial charge >= 0.3 is 5.69 Å². The zero-order valence-electron chi connectivity index (χ0n) is 32.2. The van der Waals surface area contributed by atoms with Crippen LogP contribution < -0.4 is 26.0 Å². The van der Waals surface area contributed by atoms with Gasteiger partial charge in [0.05, 0.1) is 64.8 Å². The highest BCUT2D eigenvalue weighted by Crippen LogP contribution is 2.52. The van der Waals surface area contributed by atoms with E-state index >= 15 is 8.78 Å². The lowest BCUT2D eigenvalue weighted by Gasteiger charge is -2.58. The van der Waals surface area contributed by atoms with Gasteiger partial charge in [-0.05, 0) is 75.3 Å². The fourth-order valence-electron chi connectivity index (χ4n) is 9.60. The van der Waals surface area contributed by atoms with Gasteiger partial charge in [-0.2, -0.15) is 5.10 Å². The molecule has 1 aliphatic carbocycles. The van der Waals surface area contributed by atoms with Crippen LogP contribution >= 0.6 is 0 Å². The second-order valence-electron chi connectivity index (χ2n) is 16.4. The maximum Gasteiger partial charge on any atom is 0.329 e. The number of likely N-dealkylation sites (tertiary alicyclic amines) is 1. The molecule has 58 heavy (non-hydrogen) atoms. The van der Waals surface area contributed by atoms with E-state index in [4.69, 9.17) is 9.84 Å². The van der Waals surface area contributed by atoms with Crippen LogP contribution in [0.3, 0.4) is 0 Å². The van der Waals surface area contributed by atoms with Gasteiger partial charge < -0.3 is 15.0 Å². The number of amides is 3. The van der Waals surface area contributed by atoms with Crippen molar-refractivity contribution < 1.29 is 32.3 Å². The number of carbonyl (C=O) groups is 3. The second kappa shape index (κ2) is 14.3. The Bertz CT molecular complexity index is 2520. The van der Waals surface area contributed by atoms with Crippen LogP contribution in [0.15, 0.2) is 59.8 Å². The summed E-state index contributed by atoms with van der Waals surface area (Å²) in [5.74, 6) is -4.22. The summed E-state index contributed by atoms with van der Waals surface area (Å²) < 4.78 is 56.3. The summed E-state index contributed by atoms with van der Waals surface area (Å²) in [7, 11) is 3.12. The van der Waals surface area contributed by atoms with Gasteiger partial charge in [0.15, 0.2) is 0 Å². The average Bonchev–Trinajstić information content (AvgIpc) is 3.71. The summed E-state index contributed by atoms with van der Waals surface area (Å²) in [5, 5.41) is 10.7. The van der Waals surface area contributed by atoms with E-state index < -0.39 is 40.7 Å². The molecule has 4 fully saturated rings. The summed E-state index contributed by atoms with van der Waals surface area (Å²) >= 11 is 0. The largest absolute Gasteiger partial charge is 0.494 e. The number of aryl methyl sites for hydroxylation is 1. The number of fused-ring (bicyclic) bond motifs is 2. The topological polar surface area (TPSA) is 149 Å². The smallest absolute Gasteiger partial charge is 0.329 e. The van der Waals surface area contributed by atoms with Crippen molar-refractivity contribution in [1.29, 1.82) is 0 Å². The number of para-hydroxylation sites is 1. The van der Waals surface area contributed by atoms with Crippen LogP contribution in [-0.2, 0) is 16.6 Å². The van der Waals surface area contributed by atoms with Gasteiger partial charge in [0.25, 0.3) is 11.8 Å². The maximum absolute atomic E-state index is 16.2. The Kier molecular flexibility index (Phi) is 9.32. The Morgan fingerprint density at radius 1 is 1.03 bits per heavy atom. The quantitative estimate of drug-likeness (QED) is 0.206. The normalized spacial score (nSPS) is 23.3. The van der Waals surface area contributed by atoms with Crippen molar-refractivity contribution in [2.75, 3.05) is 50.1 Å². The molecule has 1 spiro atoms. The molecule has 3 aromatic heterocycles. The molecule has 0 bridgehead atoms. The van der Waals surface area contributed by atoms with E-state index in [2.05, 4.69) is 15.6 Å². The van der Waals surface area contributed by atoms with E-state index in [1.807, 2.05) is 26.7 Å². The standard InChI is InChI=1S/C41H44F3N9O5/c1-49-36-31(4-3-5-32(36)53(39(49)57)33-10-11-35(54)47-38(33)56)51-21-40(22-51)12-13-50(23-41(40,43)44)19-24-6-8-28(9-7-24)52-20-26-15-30(34(58-2)16-29(26)48-52)46-37(55)25-14-27(42)18-45-17-25/h3-5,14-18,20,24,28,33H,6-13,19,21-23H2,1-2H3,(H,46,55)(H,47,54,56). The van der Waals surface area contributed by atoms with E-state index in [1.165, 1.54) is 22.4 Å². The molecule has 0 radical (unpaired) electrons. The third-order valence-corrected chi connectivity index (χ3v) is 12.8. The number of benzene rings is 2. The summed E-state index contributed by atoms with van der Waals surface area (Å²) in [4.78, 5) is 58.3. The number of hydrogen-bond acceptors (Lipinski definition) is 9. The molecule has 5 aromatic rings. The molecular weight excluding hydrogens is 756 g/mol. The Labute approximate surface area is 330 Å². The number of carbonyl (C=O) groups excluding carboxylic acids is 3. The number of nitrogens with one attached hydrogen (secondary N) is 2. The van der Waals surface area contributed by atoms with E-state index in [0.29, 0.717) is 53.2 Å². The molecular formula is C41H44F3N9O5. The molecule has 3 aliphatic heterocycles. The molecule has 304 valence electrons. The summed E-state index contributed by atoms with van der Waals surface area (Å²) in [5.41, 5.74) is 1.45. The first-order valence-corrected chi connectivity index (χ1v) is 19.7. The number of nitrogens with zero attached hydrogens (tertiary/aromatic N) is 7. The number of aromatic nitrogens is 5. The molecule has 1 saturated carbocycles. The summed E-state index contributed by atoms with van der Waals surface area (Å²) in [6.45, 7) is 1.23. The van der Waals surface area contributed by atoms with Gasteiger partial charge in [0.2, 0.25) is 11.8 Å². The number of imidazole rings is 1. The molecule has 3 saturated heterocycles. The van der Waals surface area contributed by atoms with Crippen LogP contribution in [0, 0.1) is 17.2 Å². The highest BCUT2D eigenvalue weighted by Gasteiger charge is 2.62.